The first-order valence-electron chi connectivity index (χ1n) is 5.49. The molecule has 1 aliphatic rings. The molecule has 4 heteroatoms. The smallest absolute Gasteiger partial charge is 0.251 e. The molecular formula is C12H15ClN2O. The molecule has 0 radical (unpaired) electrons. The number of halogens is 1. The Kier molecular flexibility index (Phi) is 3.34. The minimum atomic E-state index is -0.0962. The van der Waals surface area contributed by atoms with Gasteiger partial charge in [-0.15, -0.1) is 0 Å². The molecular weight excluding hydrogens is 224 g/mol. The van der Waals surface area contributed by atoms with Crippen molar-refractivity contribution in [2.24, 2.45) is 5.92 Å². The Morgan fingerprint density at radius 1 is 1.44 bits per heavy atom. The van der Waals surface area contributed by atoms with E-state index in [1.807, 2.05) is 0 Å². The maximum Gasteiger partial charge on any atom is 0.251 e. The van der Waals surface area contributed by atoms with Crippen molar-refractivity contribution in [3.63, 3.8) is 0 Å². The van der Waals surface area contributed by atoms with Crippen molar-refractivity contribution in [3.8, 4) is 0 Å². The van der Waals surface area contributed by atoms with Crippen molar-refractivity contribution in [2.75, 3.05) is 12.3 Å². The zero-order valence-electron chi connectivity index (χ0n) is 9.00. The molecule has 86 valence electrons. The average molecular weight is 239 g/mol. The van der Waals surface area contributed by atoms with E-state index in [0.29, 0.717) is 22.2 Å². The first-order chi connectivity index (χ1) is 7.65. The molecule has 0 aliphatic heterocycles. The van der Waals surface area contributed by atoms with Gasteiger partial charge >= 0.3 is 0 Å². The number of rotatable bonds is 3. The third kappa shape index (κ3) is 2.67. The molecule has 3 N–H and O–H groups in total. The summed E-state index contributed by atoms with van der Waals surface area (Å²) >= 11 is 5.84. The van der Waals surface area contributed by atoms with Crippen LogP contribution < -0.4 is 11.1 Å². The lowest BCUT2D eigenvalue weighted by atomic mass is 9.85. The number of hydrogen-bond donors (Lipinski definition) is 2. The third-order valence-corrected chi connectivity index (χ3v) is 3.18. The molecule has 1 saturated carbocycles. The highest BCUT2D eigenvalue weighted by atomic mass is 35.5. The Hall–Kier alpha value is -1.22. The molecule has 0 saturated heterocycles. The minimum absolute atomic E-state index is 0.0962. The summed E-state index contributed by atoms with van der Waals surface area (Å²) in [6.07, 6.45) is 3.72. The first-order valence-corrected chi connectivity index (χ1v) is 5.87. The molecule has 2 rings (SSSR count). The Balaban J connectivity index is 1.96. The number of hydrogen-bond acceptors (Lipinski definition) is 2. The van der Waals surface area contributed by atoms with Crippen LogP contribution in [0.2, 0.25) is 5.02 Å². The summed E-state index contributed by atoms with van der Waals surface area (Å²) in [5.74, 6) is 0.557. The van der Waals surface area contributed by atoms with E-state index < -0.39 is 0 Å². The topological polar surface area (TPSA) is 55.1 Å². The normalized spacial score (nSPS) is 15.6. The van der Waals surface area contributed by atoms with Crippen molar-refractivity contribution >= 4 is 23.2 Å². The van der Waals surface area contributed by atoms with Gasteiger partial charge in [-0.05, 0) is 37.0 Å². The van der Waals surface area contributed by atoms with Crippen LogP contribution in [0, 0.1) is 5.92 Å². The molecule has 0 heterocycles. The third-order valence-electron chi connectivity index (χ3n) is 2.96. The summed E-state index contributed by atoms with van der Waals surface area (Å²) in [4.78, 5) is 11.8. The van der Waals surface area contributed by atoms with Crippen molar-refractivity contribution in [2.45, 2.75) is 19.3 Å². The van der Waals surface area contributed by atoms with Gasteiger partial charge in [0.25, 0.3) is 5.91 Å². The minimum Gasteiger partial charge on any atom is -0.399 e. The second-order valence-corrected chi connectivity index (χ2v) is 4.72. The summed E-state index contributed by atoms with van der Waals surface area (Å²) < 4.78 is 0. The monoisotopic (exact) mass is 238 g/mol. The fraction of sp³-hybridized carbons (Fsp3) is 0.417. The predicted molar refractivity (Wildman–Crippen MR) is 65.5 cm³/mol. The molecule has 0 aromatic heterocycles. The number of carbonyl (C=O) groups excluding carboxylic acids is 1. The molecule has 16 heavy (non-hydrogen) atoms. The number of benzene rings is 1. The van der Waals surface area contributed by atoms with Gasteiger partial charge in [-0.3, -0.25) is 4.79 Å². The van der Waals surface area contributed by atoms with Crippen LogP contribution in [0.4, 0.5) is 5.69 Å². The number of nitrogens with two attached hydrogens (primary N) is 1. The highest BCUT2D eigenvalue weighted by Gasteiger charge is 2.18. The quantitative estimate of drug-likeness (QED) is 0.795. The summed E-state index contributed by atoms with van der Waals surface area (Å²) in [5, 5.41) is 3.40. The molecule has 0 spiro atoms. The molecule has 3 nitrogen and oxygen atoms in total. The van der Waals surface area contributed by atoms with E-state index in [0.717, 1.165) is 6.54 Å². The van der Waals surface area contributed by atoms with E-state index in [1.54, 1.807) is 18.2 Å². The van der Waals surface area contributed by atoms with Gasteiger partial charge in [0.05, 0.1) is 0 Å². The van der Waals surface area contributed by atoms with Crippen LogP contribution in [-0.4, -0.2) is 12.5 Å². The molecule has 0 atom stereocenters. The van der Waals surface area contributed by atoms with Crippen molar-refractivity contribution in [3.05, 3.63) is 28.8 Å². The van der Waals surface area contributed by atoms with Gasteiger partial charge in [0, 0.05) is 22.8 Å². The summed E-state index contributed by atoms with van der Waals surface area (Å²) in [5.41, 5.74) is 6.67. The fourth-order valence-corrected chi connectivity index (χ4v) is 2.02. The Morgan fingerprint density at radius 2 is 2.19 bits per heavy atom. The van der Waals surface area contributed by atoms with E-state index in [4.69, 9.17) is 17.3 Å². The summed E-state index contributed by atoms with van der Waals surface area (Å²) in [6.45, 7) is 0.755. The second kappa shape index (κ2) is 4.74. The van der Waals surface area contributed by atoms with Gasteiger partial charge in [-0.1, -0.05) is 18.0 Å². The van der Waals surface area contributed by atoms with Crippen molar-refractivity contribution < 1.29 is 4.79 Å². The molecule has 1 aromatic rings. The van der Waals surface area contributed by atoms with E-state index in [-0.39, 0.29) is 5.91 Å². The van der Waals surface area contributed by atoms with E-state index >= 15 is 0 Å². The van der Waals surface area contributed by atoms with E-state index in [1.165, 1.54) is 19.3 Å². The Labute approximate surface area is 100.0 Å². The van der Waals surface area contributed by atoms with Crippen LogP contribution >= 0.6 is 11.6 Å². The largest absolute Gasteiger partial charge is 0.399 e. The van der Waals surface area contributed by atoms with E-state index in [9.17, 15) is 4.79 Å². The highest BCUT2D eigenvalue weighted by molar-refractivity contribution is 6.31. The number of carbonyl (C=O) groups is 1. The average Bonchev–Trinajstić information content (AvgIpc) is 2.13. The zero-order valence-corrected chi connectivity index (χ0v) is 9.76. The Bertz CT molecular complexity index is 382. The lowest BCUT2D eigenvalue weighted by Crippen LogP contribution is -2.32. The van der Waals surface area contributed by atoms with Crippen LogP contribution in [0.5, 0.6) is 0 Å². The van der Waals surface area contributed by atoms with Crippen molar-refractivity contribution in [1.29, 1.82) is 0 Å². The van der Waals surface area contributed by atoms with Crippen LogP contribution in [-0.2, 0) is 0 Å². The lowest BCUT2D eigenvalue weighted by Gasteiger charge is -2.25. The van der Waals surface area contributed by atoms with Crippen LogP contribution in [0.3, 0.4) is 0 Å². The molecule has 1 aliphatic carbocycles. The van der Waals surface area contributed by atoms with Crippen molar-refractivity contribution in [1.82, 2.24) is 5.32 Å². The molecule has 0 unspecified atom stereocenters. The molecule has 1 amide bonds. The van der Waals surface area contributed by atoms with Gasteiger partial charge in [-0.25, -0.2) is 0 Å². The summed E-state index contributed by atoms with van der Waals surface area (Å²) in [7, 11) is 0. The molecule has 1 fully saturated rings. The van der Waals surface area contributed by atoms with Crippen LogP contribution in [0.15, 0.2) is 18.2 Å². The summed E-state index contributed by atoms with van der Waals surface area (Å²) in [6, 6.07) is 4.90. The van der Waals surface area contributed by atoms with E-state index in [2.05, 4.69) is 5.32 Å². The van der Waals surface area contributed by atoms with Gasteiger partial charge in [0.15, 0.2) is 0 Å². The first kappa shape index (κ1) is 11.3. The highest BCUT2D eigenvalue weighted by Crippen LogP contribution is 2.25. The second-order valence-electron chi connectivity index (χ2n) is 4.28. The Morgan fingerprint density at radius 3 is 2.75 bits per heavy atom. The molecule has 0 bridgehead atoms. The van der Waals surface area contributed by atoms with Crippen LogP contribution in [0.1, 0.15) is 29.6 Å². The number of amides is 1. The number of nitrogens with one attached hydrogen (secondary N) is 1. The maximum absolute atomic E-state index is 11.8. The van der Waals surface area contributed by atoms with Crippen LogP contribution in [0.25, 0.3) is 0 Å². The predicted octanol–water partition coefficient (Wildman–Crippen LogP) is 2.45. The van der Waals surface area contributed by atoms with Gasteiger partial charge < -0.3 is 11.1 Å². The number of nitrogen functional groups attached to an aromatic ring is 1. The lowest BCUT2D eigenvalue weighted by molar-refractivity contribution is 0.0939. The number of anilines is 1. The standard InChI is InChI=1S/C12H15ClN2O/c13-10-4-9(5-11(14)6-10)12(16)15-7-8-2-1-3-8/h4-6,8H,1-3,7,14H2,(H,15,16). The molecule has 1 aromatic carbocycles. The SMILES string of the molecule is Nc1cc(Cl)cc(C(=O)NCC2CCC2)c1. The zero-order chi connectivity index (χ0) is 11.5. The maximum atomic E-state index is 11.8. The fourth-order valence-electron chi connectivity index (χ4n) is 1.78. The van der Waals surface area contributed by atoms with Gasteiger partial charge in [0.2, 0.25) is 0 Å². The van der Waals surface area contributed by atoms with Gasteiger partial charge in [0.1, 0.15) is 0 Å². The van der Waals surface area contributed by atoms with Gasteiger partial charge in [-0.2, -0.15) is 0 Å².